The average Bonchev–Trinajstić information content (AvgIpc) is 3.23. The molecule has 0 unspecified atom stereocenters. The van der Waals surface area contributed by atoms with Gasteiger partial charge in [0.05, 0.1) is 6.20 Å². The summed E-state index contributed by atoms with van der Waals surface area (Å²) in [4.78, 5) is 12.3. The molecule has 3 rings (SSSR count). The summed E-state index contributed by atoms with van der Waals surface area (Å²) >= 11 is 0. The van der Waals surface area contributed by atoms with Crippen molar-refractivity contribution in [3.8, 4) is 11.8 Å². The van der Waals surface area contributed by atoms with Gasteiger partial charge in [0.2, 0.25) is 0 Å². The van der Waals surface area contributed by atoms with E-state index in [1.54, 1.807) is 19.2 Å². The number of hydrogen-bond acceptors (Lipinski definition) is 5. The second-order valence-corrected chi connectivity index (χ2v) is 5.92. The topological polar surface area (TPSA) is 93.1 Å². The summed E-state index contributed by atoms with van der Waals surface area (Å²) in [6.45, 7) is 4.18. The number of nitrogens with zero attached hydrogens (tertiary/aromatic N) is 3. The van der Waals surface area contributed by atoms with Crippen LogP contribution < -0.4 is 10.1 Å². The minimum Gasteiger partial charge on any atom is -0.485 e. The molecule has 7 heteroatoms. The molecule has 0 aliphatic carbocycles. The van der Waals surface area contributed by atoms with Crippen LogP contribution in [0.3, 0.4) is 0 Å². The summed E-state index contributed by atoms with van der Waals surface area (Å²) in [6, 6.07) is 11.2. The lowest BCUT2D eigenvalue weighted by Crippen LogP contribution is -2.14. The first-order valence-corrected chi connectivity index (χ1v) is 8.00. The minimum atomic E-state index is -0.455. The third-order valence-electron chi connectivity index (χ3n) is 3.89. The van der Waals surface area contributed by atoms with E-state index in [2.05, 4.69) is 10.4 Å². The molecule has 0 fully saturated rings. The third-order valence-corrected chi connectivity index (χ3v) is 3.89. The van der Waals surface area contributed by atoms with Gasteiger partial charge >= 0.3 is 0 Å². The zero-order chi connectivity index (χ0) is 18.7. The highest BCUT2D eigenvalue weighted by atomic mass is 16.5. The summed E-state index contributed by atoms with van der Waals surface area (Å²) in [6.07, 6.45) is 1.39. The summed E-state index contributed by atoms with van der Waals surface area (Å²) in [5.74, 6) is 1.31. The Hall–Kier alpha value is -3.53. The Bertz CT molecular complexity index is 995. The standard InChI is InChI=1S/C19H18N4O3/c1-12-4-5-13(2)17(8-12)25-11-15-6-7-16(26-15)19(24)22-18-14(9-20)10-21-23(18)3/h4-8,10H,11H2,1-3H3,(H,22,24). The van der Waals surface area contributed by atoms with Crippen LogP contribution in [0.15, 0.2) is 40.9 Å². The van der Waals surface area contributed by atoms with Gasteiger partial charge in [0.15, 0.2) is 5.76 Å². The van der Waals surface area contributed by atoms with Crippen molar-refractivity contribution in [2.75, 3.05) is 5.32 Å². The highest BCUT2D eigenvalue weighted by Gasteiger charge is 2.16. The molecule has 0 saturated heterocycles. The number of rotatable bonds is 5. The number of benzene rings is 1. The molecule has 1 amide bonds. The van der Waals surface area contributed by atoms with Crippen LogP contribution in [0, 0.1) is 25.2 Å². The smallest absolute Gasteiger partial charge is 0.292 e. The van der Waals surface area contributed by atoms with E-state index in [9.17, 15) is 4.79 Å². The summed E-state index contributed by atoms with van der Waals surface area (Å²) in [7, 11) is 1.64. The Morgan fingerprint density at radius 2 is 2.15 bits per heavy atom. The molecule has 0 spiro atoms. The fourth-order valence-corrected chi connectivity index (χ4v) is 2.43. The molecular weight excluding hydrogens is 332 g/mol. The quantitative estimate of drug-likeness (QED) is 0.762. The van der Waals surface area contributed by atoms with E-state index in [1.807, 2.05) is 38.1 Å². The molecule has 7 nitrogen and oxygen atoms in total. The van der Waals surface area contributed by atoms with Gasteiger partial charge in [0, 0.05) is 7.05 Å². The minimum absolute atomic E-state index is 0.134. The predicted octanol–water partition coefficient (Wildman–Crippen LogP) is 3.33. The van der Waals surface area contributed by atoms with Crippen molar-refractivity contribution in [3.05, 3.63) is 64.7 Å². The van der Waals surface area contributed by atoms with Gasteiger partial charge in [-0.15, -0.1) is 0 Å². The molecule has 2 heterocycles. The number of nitrogens with one attached hydrogen (secondary N) is 1. The normalized spacial score (nSPS) is 10.4. The summed E-state index contributed by atoms with van der Waals surface area (Å²) in [5.41, 5.74) is 2.42. The fraction of sp³-hybridized carbons (Fsp3) is 0.211. The van der Waals surface area contributed by atoms with Crippen LogP contribution in [0.25, 0.3) is 0 Å². The van der Waals surface area contributed by atoms with E-state index in [-0.39, 0.29) is 17.9 Å². The Labute approximate surface area is 150 Å². The number of aryl methyl sites for hydroxylation is 3. The van der Waals surface area contributed by atoms with Gasteiger partial charge in [-0.2, -0.15) is 10.4 Å². The number of anilines is 1. The summed E-state index contributed by atoms with van der Waals surface area (Å²) in [5, 5.41) is 15.6. The maximum Gasteiger partial charge on any atom is 0.292 e. The van der Waals surface area contributed by atoms with Crippen molar-refractivity contribution in [1.82, 2.24) is 9.78 Å². The molecule has 0 saturated carbocycles. The molecule has 2 aromatic heterocycles. The van der Waals surface area contributed by atoms with E-state index in [0.717, 1.165) is 16.9 Å². The molecule has 0 aliphatic rings. The van der Waals surface area contributed by atoms with Gasteiger partial charge in [-0.25, -0.2) is 0 Å². The van der Waals surface area contributed by atoms with Gasteiger partial charge < -0.3 is 14.5 Å². The van der Waals surface area contributed by atoms with Crippen molar-refractivity contribution < 1.29 is 13.9 Å². The number of nitriles is 1. The number of amides is 1. The molecular formula is C19H18N4O3. The lowest BCUT2D eigenvalue weighted by atomic mass is 10.1. The molecule has 1 N–H and O–H groups in total. The fourth-order valence-electron chi connectivity index (χ4n) is 2.43. The maximum atomic E-state index is 12.3. The molecule has 0 aliphatic heterocycles. The molecule has 0 radical (unpaired) electrons. The van der Waals surface area contributed by atoms with E-state index < -0.39 is 5.91 Å². The maximum absolute atomic E-state index is 12.3. The first-order valence-electron chi connectivity index (χ1n) is 8.00. The van der Waals surface area contributed by atoms with E-state index >= 15 is 0 Å². The van der Waals surface area contributed by atoms with Crippen molar-refractivity contribution in [2.45, 2.75) is 20.5 Å². The van der Waals surface area contributed by atoms with E-state index in [1.165, 1.54) is 10.9 Å². The lowest BCUT2D eigenvalue weighted by Gasteiger charge is -2.08. The van der Waals surface area contributed by atoms with Crippen LogP contribution in [0.4, 0.5) is 5.82 Å². The molecule has 0 atom stereocenters. The number of hydrogen-bond donors (Lipinski definition) is 1. The van der Waals surface area contributed by atoms with Gasteiger partial charge in [0.1, 0.15) is 35.6 Å². The zero-order valence-corrected chi connectivity index (χ0v) is 14.7. The first-order chi connectivity index (χ1) is 12.5. The Kier molecular flexibility index (Phi) is 4.76. The molecule has 1 aromatic carbocycles. The SMILES string of the molecule is Cc1ccc(C)c(OCc2ccc(C(=O)Nc3c(C#N)cnn3C)o2)c1. The lowest BCUT2D eigenvalue weighted by molar-refractivity contribution is 0.0991. The Morgan fingerprint density at radius 1 is 1.35 bits per heavy atom. The van der Waals surface area contributed by atoms with Crippen LogP contribution >= 0.6 is 0 Å². The summed E-state index contributed by atoms with van der Waals surface area (Å²) < 4.78 is 12.7. The first kappa shape index (κ1) is 17.3. The van der Waals surface area contributed by atoms with Crippen molar-refractivity contribution in [2.24, 2.45) is 7.05 Å². The van der Waals surface area contributed by atoms with Crippen molar-refractivity contribution in [1.29, 1.82) is 5.26 Å². The number of furan rings is 1. The van der Waals surface area contributed by atoms with Gasteiger partial charge in [-0.1, -0.05) is 12.1 Å². The number of ether oxygens (including phenoxy) is 1. The second kappa shape index (κ2) is 7.15. The highest BCUT2D eigenvalue weighted by molar-refractivity contribution is 6.02. The molecule has 3 aromatic rings. The van der Waals surface area contributed by atoms with Crippen LogP contribution in [0.1, 0.15) is 33.0 Å². The van der Waals surface area contributed by atoms with Crippen LogP contribution in [0.5, 0.6) is 5.75 Å². The Balaban J connectivity index is 1.67. The van der Waals surface area contributed by atoms with Crippen LogP contribution in [-0.4, -0.2) is 15.7 Å². The Morgan fingerprint density at radius 3 is 2.92 bits per heavy atom. The van der Waals surface area contributed by atoms with E-state index in [0.29, 0.717) is 11.6 Å². The van der Waals surface area contributed by atoms with Gasteiger partial charge in [0.25, 0.3) is 5.91 Å². The van der Waals surface area contributed by atoms with Crippen LogP contribution in [-0.2, 0) is 13.7 Å². The zero-order valence-electron chi connectivity index (χ0n) is 14.7. The van der Waals surface area contributed by atoms with Gasteiger partial charge in [-0.3, -0.25) is 9.48 Å². The number of aromatic nitrogens is 2. The molecule has 0 bridgehead atoms. The second-order valence-electron chi connectivity index (χ2n) is 5.92. The highest BCUT2D eigenvalue weighted by Crippen LogP contribution is 2.21. The third kappa shape index (κ3) is 3.59. The largest absolute Gasteiger partial charge is 0.485 e. The average molecular weight is 350 g/mol. The molecule has 26 heavy (non-hydrogen) atoms. The predicted molar refractivity (Wildman–Crippen MR) is 94.8 cm³/mol. The van der Waals surface area contributed by atoms with Crippen LogP contribution in [0.2, 0.25) is 0 Å². The number of carbonyl (C=O) groups excluding carboxylic acids is 1. The van der Waals surface area contributed by atoms with Crippen molar-refractivity contribution in [3.63, 3.8) is 0 Å². The monoisotopic (exact) mass is 350 g/mol. The van der Waals surface area contributed by atoms with E-state index in [4.69, 9.17) is 14.4 Å². The number of carbonyl (C=O) groups is 1. The van der Waals surface area contributed by atoms with Crippen molar-refractivity contribution >= 4 is 11.7 Å². The van der Waals surface area contributed by atoms with Gasteiger partial charge in [-0.05, 0) is 43.2 Å². The molecule has 132 valence electrons.